The van der Waals surface area contributed by atoms with Crippen LogP contribution in [0.4, 0.5) is 14.5 Å². The Morgan fingerprint density at radius 2 is 2.00 bits per heavy atom. The molecule has 0 radical (unpaired) electrons. The summed E-state index contributed by atoms with van der Waals surface area (Å²) in [6.45, 7) is 0.300. The van der Waals surface area contributed by atoms with E-state index in [-0.39, 0.29) is 11.3 Å². The molecule has 0 aliphatic carbocycles. The largest absolute Gasteiger partial charge is 0.383 e. The van der Waals surface area contributed by atoms with Gasteiger partial charge < -0.3 is 10.6 Å². The van der Waals surface area contributed by atoms with Crippen molar-refractivity contribution >= 4 is 38.9 Å². The number of halogens is 3. The summed E-state index contributed by atoms with van der Waals surface area (Å²) >= 11 is 4.82. The zero-order valence-electron chi connectivity index (χ0n) is 10.5. The Kier molecular flexibility index (Phi) is 4.72. The number of carbonyl (C=O) groups excluding carboxylic acids is 1. The lowest BCUT2D eigenvalue weighted by Gasteiger charge is -2.08. The van der Waals surface area contributed by atoms with E-state index in [1.807, 2.05) is 11.4 Å². The van der Waals surface area contributed by atoms with E-state index in [0.717, 1.165) is 21.5 Å². The first-order valence-electron chi connectivity index (χ1n) is 5.69. The summed E-state index contributed by atoms with van der Waals surface area (Å²) in [5.41, 5.74) is -0.297. The Hall–Kier alpha value is -1.47. The molecule has 0 saturated heterocycles. The number of benzene rings is 1. The number of rotatable bonds is 4. The summed E-state index contributed by atoms with van der Waals surface area (Å²) in [6, 6.07) is 3.88. The quantitative estimate of drug-likeness (QED) is 0.871. The molecule has 1 heterocycles. The SMILES string of the molecule is CNc1c(F)cc(C(=O)NCc2sccc2Br)cc1F. The summed E-state index contributed by atoms with van der Waals surface area (Å²) in [5.74, 6) is -2.12. The van der Waals surface area contributed by atoms with Crippen LogP contribution in [0.25, 0.3) is 0 Å². The van der Waals surface area contributed by atoms with E-state index in [1.165, 1.54) is 18.4 Å². The Labute approximate surface area is 127 Å². The predicted octanol–water partition coefficient (Wildman–Crippen LogP) is 3.76. The van der Waals surface area contributed by atoms with Gasteiger partial charge in [0.15, 0.2) is 0 Å². The minimum Gasteiger partial charge on any atom is -0.383 e. The second kappa shape index (κ2) is 6.32. The fourth-order valence-electron chi connectivity index (χ4n) is 1.66. The Morgan fingerprint density at radius 1 is 1.35 bits per heavy atom. The molecule has 0 fully saturated rings. The van der Waals surface area contributed by atoms with Crippen molar-refractivity contribution in [3.63, 3.8) is 0 Å². The second-order valence-electron chi connectivity index (χ2n) is 3.94. The van der Waals surface area contributed by atoms with E-state index < -0.39 is 17.5 Å². The number of hydrogen-bond acceptors (Lipinski definition) is 3. The summed E-state index contributed by atoms with van der Waals surface area (Å²) < 4.78 is 28.0. The lowest BCUT2D eigenvalue weighted by Crippen LogP contribution is -2.23. The number of thiophene rings is 1. The maximum atomic E-state index is 13.6. The Morgan fingerprint density at radius 3 is 2.50 bits per heavy atom. The van der Waals surface area contributed by atoms with Crippen LogP contribution in [0.15, 0.2) is 28.1 Å². The fraction of sp³-hybridized carbons (Fsp3) is 0.154. The topological polar surface area (TPSA) is 41.1 Å². The average Bonchev–Trinajstić information content (AvgIpc) is 2.81. The Bertz CT molecular complexity index is 622. The van der Waals surface area contributed by atoms with E-state index in [2.05, 4.69) is 26.6 Å². The van der Waals surface area contributed by atoms with Gasteiger partial charge in [0, 0.05) is 22.0 Å². The van der Waals surface area contributed by atoms with E-state index in [0.29, 0.717) is 6.54 Å². The first kappa shape index (κ1) is 14.9. The number of amides is 1. The summed E-state index contributed by atoms with van der Waals surface area (Å²) in [7, 11) is 1.41. The van der Waals surface area contributed by atoms with Crippen molar-refractivity contribution in [2.45, 2.75) is 6.54 Å². The van der Waals surface area contributed by atoms with Gasteiger partial charge in [-0.1, -0.05) is 0 Å². The molecule has 0 aliphatic rings. The zero-order chi connectivity index (χ0) is 14.7. The van der Waals surface area contributed by atoms with Crippen LogP contribution < -0.4 is 10.6 Å². The van der Waals surface area contributed by atoms with Gasteiger partial charge in [-0.15, -0.1) is 11.3 Å². The van der Waals surface area contributed by atoms with Crippen molar-refractivity contribution in [2.24, 2.45) is 0 Å². The molecular weight excluding hydrogens is 350 g/mol. The average molecular weight is 361 g/mol. The van der Waals surface area contributed by atoms with Crippen LogP contribution in [0.2, 0.25) is 0 Å². The van der Waals surface area contributed by atoms with Crippen LogP contribution in [-0.4, -0.2) is 13.0 Å². The molecule has 0 spiro atoms. The molecule has 2 rings (SSSR count). The Balaban J connectivity index is 2.12. The highest BCUT2D eigenvalue weighted by atomic mass is 79.9. The lowest BCUT2D eigenvalue weighted by atomic mass is 10.1. The van der Waals surface area contributed by atoms with Crippen molar-refractivity contribution in [3.8, 4) is 0 Å². The normalized spacial score (nSPS) is 10.4. The first-order valence-corrected chi connectivity index (χ1v) is 7.37. The van der Waals surface area contributed by atoms with Crippen LogP contribution >= 0.6 is 27.3 Å². The van der Waals surface area contributed by atoms with Crippen molar-refractivity contribution in [2.75, 3.05) is 12.4 Å². The minimum absolute atomic E-state index is 0.0494. The molecule has 1 amide bonds. The van der Waals surface area contributed by atoms with Gasteiger partial charge in [-0.05, 0) is 39.5 Å². The second-order valence-corrected chi connectivity index (χ2v) is 5.79. The van der Waals surface area contributed by atoms with Crippen LogP contribution in [0.3, 0.4) is 0 Å². The minimum atomic E-state index is -0.796. The van der Waals surface area contributed by atoms with Crippen molar-refractivity contribution < 1.29 is 13.6 Å². The molecule has 0 bridgehead atoms. The van der Waals surface area contributed by atoms with Gasteiger partial charge in [-0.3, -0.25) is 4.79 Å². The molecule has 2 aromatic rings. The summed E-state index contributed by atoms with van der Waals surface area (Å²) in [4.78, 5) is 12.8. The number of anilines is 1. The molecule has 2 N–H and O–H groups in total. The van der Waals surface area contributed by atoms with Gasteiger partial charge in [0.25, 0.3) is 5.91 Å². The molecule has 1 aromatic carbocycles. The van der Waals surface area contributed by atoms with Crippen molar-refractivity contribution in [1.82, 2.24) is 5.32 Å². The van der Waals surface area contributed by atoms with E-state index in [1.54, 1.807) is 0 Å². The fourth-order valence-corrected chi connectivity index (χ4v) is 3.09. The zero-order valence-corrected chi connectivity index (χ0v) is 12.9. The molecule has 20 heavy (non-hydrogen) atoms. The van der Waals surface area contributed by atoms with Gasteiger partial charge in [-0.2, -0.15) is 0 Å². The number of hydrogen-bond donors (Lipinski definition) is 2. The molecule has 0 atom stereocenters. The highest BCUT2D eigenvalue weighted by molar-refractivity contribution is 9.10. The predicted molar refractivity (Wildman–Crippen MR) is 79.1 cm³/mol. The third-order valence-corrected chi connectivity index (χ3v) is 4.58. The van der Waals surface area contributed by atoms with Gasteiger partial charge in [0.2, 0.25) is 0 Å². The van der Waals surface area contributed by atoms with E-state index in [9.17, 15) is 13.6 Å². The smallest absolute Gasteiger partial charge is 0.251 e. The monoisotopic (exact) mass is 360 g/mol. The van der Waals surface area contributed by atoms with Gasteiger partial charge in [-0.25, -0.2) is 8.78 Å². The highest BCUT2D eigenvalue weighted by Crippen LogP contribution is 2.23. The summed E-state index contributed by atoms with van der Waals surface area (Å²) in [6.07, 6.45) is 0. The summed E-state index contributed by atoms with van der Waals surface area (Å²) in [5, 5.41) is 6.91. The molecular formula is C13H11BrF2N2OS. The van der Waals surface area contributed by atoms with Crippen molar-refractivity contribution in [1.29, 1.82) is 0 Å². The van der Waals surface area contributed by atoms with Crippen molar-refractivity contribution in [3.05, 3.63) is 50.1 Å². The molecule has 1 aromatic heterocycles. The highest BCUT2D eigenvalue weighted by Gasteiger charge is 2.14. The van der Waals surface area contributed by atoms with Crippen LogP contribution in [0, 0.1) is 11.6 Å². The van der Waals surface area contributed by atoms with Crippen LogP contribution in [0.1, 0.15) is 15.2 Å². The van der Waals surface area contributed by atoms with Crippen LogP contribution in [0.5, 0.6) is 0 Å². The molecule has 0 saturated carbocycles. The third-order valence-electron chi connectivity index (χ3n) is 2.65. The third kappa shape index (κ3) is 3.16. The van der Waals surface area contributed by atoms with E-state index >= 15 is 0 Å². The molecule has 0 unspecified atom stereocenters. The standard InChI is InChI=1S/C13H11BrF2N2OS/c1-17-12-9(15)4-7(5-10(12)16)13(19)18-6-11-8(14)2-3-20-11/h2-5,17H,6H2,1H3,(H,18,19). The maximum Gasteiger partial charge on any atom is 0.251 e. The lowest BCUT2D eigenvalue weighted by molar-refractivity contribution is 0.0950. The van der Waals surface area contributed by atoms with Crippen LogP contribution in [-0.2, 0) is 6.54 Å². The number of nitrogens with one attached hydrogen (secondary N) is 2. The molecule has 0 aliphatic heterocycles. The van der Waals surface area contributed by atoms with Gasteiger partial charge >= 0.3 is 0 Å². The molecule has 3 nitrogen and oxygen atoms in total. The molecule has 7 heteroatoms. The first-order chi connectivity index (χ1) is 9.52. The maximum absolute atomic E-state index is 13.6. The number of carbonyl (C=O) groups is 1. The van der Waals surface area contributed by atoms with Gasteiger partial charge in [0.1, 0.15) is 17.3 Å². The molecule has 106 valence electrons. The van der Waals surface area contributed by atoms with Gasteiger partial charge in [0.05, 0.1) is 6.54 Å². The van der Waals surface area contributed by atoms with E-state index in [4.69, 9.17) is 0 Å².